The number of hydrogen-bond acceptors (Lipinski definition) is 4. The van der Waals surface area contributed by atoms with Crippen LogP contribution in [-0.4, -0.2) is 54.3 Å². The van der Waals surface area contributed by atoms with E-state index >= 15 is 0 Å². The predicted molar refractivity (Wildman–Crippen MR) is 76.7 cm³/mol. The van der Waals surface area contributed by atoms with E-state index < -0.39 is 0 Å². The third-order valence-electron chi connectivity index (χ3n) is 3.69. The van der Waals surface area contributed by atoms with Crippen molar-refractivity contribution < 1.29 is 4.74 Å². The smallest absolute Gasteiger partial charge is 0.0638 e. The molecule has 0 bridgehead atoms. The van der Waals surface area contributed by atoms with Crippen molar-refractivity contribution in [2.24, 2.45) is 5.73 Å². The third kappa shape index (κ3) is 4.78. The molecule has 0 aromatic carbocycles. The fourth-order valence-electron chi connectivity index (χ4n) is 2.33. The van der Waals surface area contributed by atoms with Crippen LogP contribution in [0, 0.1) is 0 Å². The van der Waals surface area contributed by atoms with Crippen LogP contribution in [0.25, 0.3) is 0 Å². The predicted octanol–water partition coefficient (Wildman–Crippen LogP) is 1.96. The summed E-state index contributed by atoms with van der Waals surface area (Å²) in [6, 6.07) is 0.458. The van der Waals surface area contributed by atoms with Crippen LogP contribution in [0.3, 0.4) is 0 Å². The van der Waals surface area contributed by atoms with Crippen molar-refractivity contribution in [1.82, 2.24) is 4.90 Å². The lowest BCUT2D eigenvalue weighted by Crippen LogP contribution is -2.50. The van der Waals surface area contributed by atoms with Gasteiger partial charge in [0, 0.05) is 43.8 Å². The molecule has 1 heterocycles. The highest BCUT2D eigenvalue weighted by Gasteiger charge is 2.29. The minimum atomic E-state index is -0.0731. The van der Waals surface area contributed by atoms with Crippen molar-refractivity contribution in [1.29, 1.82) is 0 Å². The van der Waals surface area contributed by atoms with Gasteiger partial charge in [0.05, 0.1) is 5.60 Å². The second-order valence-corrected chi connectivity index (χ2v) is 6.86. The van der Waals surface area contributed by atoms with E-state index in [9.17, 15) is 0 Å². The van der Waals surface area contributed by atoms with Crippen LogP contribution in [0.15, 0.2) is 0 Å². The Labute approximate surface area is 110 Å². The highest BCUT2D eigenvalue weighted by atomic mass is 32.2. The van der Waals surface area contributed by atoms with Crippen molar-refractivity contribution in [2.75, 3.05) is 32.5 Å². The van der Waals surface area contributed by atoms with E-state index in [1.807, 2.05) is 0 Å². The normalized spacial score (nSPS) is 24.9. The van der Waals surface area contributed by atoms with Gasteiger partial charge in [0.15, 0.2) is 0 Å². The Balaban J connectivity index is 2.54. The minimum Gasteiger partial charge on any atom is -0.379 e. The second kappa shape index (κ2) is 6.98. The number of nitrogens with two attached hydrogens (primary N) is 1. The maximum Gasteiger partial charge on any atom is 0.0638 e. The van der Waals surface area contributed by atoms with Gasteiger partial charge in [0.2, 0.25) is 0 Å². The molecule has 1 aliphatic heterocycles. The van der Waals surface area contributed by atoms with Gasteiger partial charge in [-0.3, -0.25) is 4.90 Å². The lowest BCUT2D eigenvalue weighted by atomic mass is 9.97. The van der Waals surface area contributed by atoms with Crippen LogP contribution < -0.4 is 5.73 Å². The van der Waals surface area contributed by atoms with Gasteiger partial charge >= 0.3 is 0 Å². The lowest BCUT2D eigenvalue weighted by Gasteiger charge is -2.40. The summed E-state index contributed by atoms with van der Waals surface area (Å²) in [5.74, 6) is 1.24. The summed E-state index contributed by atoms with van der Waals surface area (Å²) in [6.07, 6.45) is 2.27. The van der Waals surface area contributed by atoms with Gasteiger partial charge in [-0.25, -0.2) is 0 Å². The highest BCUT2D eigenvalue weighted by molar-refractivity contribution is 8.00. The van der Waals surface area contributed by atoms with Gasteiger partial charge in [0.1, 0.15) is 0 Å². The van der Waals surface area contributed by atoms with Gasteiger partial charge in [-0.2, -0.15) is 11.8 Å². The molecule has 1 fully saturated rings. The second-order valence-electron chi connectivity index (χ2n) is 5.45. The number of nitrogens with zero attached hydrogens (tertiary/aromatic N) is 1. The topological polar surface area (TPSA) is 38.5 Å². The first kappa shape index (κ1) is 15.3. The summed E-state index contributed by atoms with van der Waals surface area (Å²) < 4.78 is 5.53. The zero-order valence-electron chi connectivity index (χ0n) is 11.7. The molecule has 0 aromatic rings. The first-order valence-electron chi connectivity index (χ1n) is 6.63. The zero-order valence-corrected chi connectivity index (χ0v) is 12.6. The minimum absolute atomic E-state index is 0.0731. The van der Waals surface area contributed by atoms with Gasteiger partial charge < -0.3 is 10.5 Å². The summed E-state index contributed by atoms with van der Waals surface area (Å²) in [4.78, 5) is 2.56. The molecule has 2 atom stereocenters. The zero-order chi connectivity index (χ0) is 12.9. The molecule has 0 aliphatic carbocycles. The maximum atomic E-state index is 5.95. The summed E-state index contributed by atoms with van der Waals surface area (Å²) in [5.41, 5.74) is 5.88. The van der Waals surface area contributed by atoms with Gasteiger partial charge in [-0.1, -0.05) is 6.92 Å². The molecule has 4 heteroatoms. The summed E-state index contributed by atoms with van der Waals surface area (Å²) in [6.45, 7) is 9.65. The van der Waals surface area contributed by atoms with E-state index in [1.165, 1.54) is 25.3 Å². The monoisotopic (exact) mass is 260 g/mol. The molecule has 0 amide bonds. The number of ether oxygens (including phenoxy) is 1. The molecule has 3 nitrogen and oxygen atoms in total. The van der Waals surface area contributed by atoms with E-state index in [4.69, 9.17) is 10.5 Å². The van der Waals surface area contributed by atoms with Crippen molar-refractivity contribution >= 4 is 11.8 Å². The fraction of sp³-hybridized carbons (Fsp3) is 1.00. The van der Waals surface area contributed by atoms with Gasteiger partial charge in [0.25, 0.3) is 0 Å². The molecule has 0 aromatic heterocycles. The Bertz CT molecular complexity index is 223. The molecule has 2 unspecified atom stereocenters. The SMILES string of the molecule is CCC1CN(C(CN)CC(C)(C)OC)CCS1. The Morgan fingerprint density at radius 3 is 2.76 bits per heavy atom. The fourth-order valence-corrected chi connectivity index (χ4v) is 3.54. The van der Waals surface area contributed by atoms with Gasteiger partial charge in [-0.15, -0.1) is 0 Å². The first-order valence-corrected chi connectivity index (χ1v) is 7.68. The average molecular weight is 260 g/mol. The summed E-state index contributed by atoms with van der Waals surface area (Å²) in [7, 11) is 1.79. The van der Waals surface area contributed by atoms with Crippen LogP contribution in [-0.2, 0) is 4.74 Å². The van der Waals surface area contributed by atoms with Crippen molar-refractivity contribution in [3.63, 3.8) is 0 Å². The molecule has 2 N–H and O–H groups in total. The van der Waals surface area contributed by atoms with E-state index in [0.29, 0.717) is 6.04 Å². The summed E-state index contributed by atoms with van der Waals surface area (Å²) in [5, 5.41) is 0.781. The number of hydrogen-bond donors (Lipinski definition) is 1. The molecule has 102 valence electrons. The quantitative estimate of drug-likeness (QED) is 0.792. The van der Waals surface area contributed by atoms with Crippen LogP contribution in [0.4, 0.5) is 0 Å². The molecule has 17 heavy (non-hydrogen) atoms. The number of rotatable bonds is 6. The van der Waals surface area contributed by atoms with E-state index in [2.05, 4.69) is 37.4 Å². The number of methoxy groups -OCH3 is 1. The van der Waals surface area contributed by atoms with Gasteiger partial charge in [-0.05, 0) is 26.7 Å². The highest BCUT2D eigenvalue weighted by Crippen LogP contribution is 2.25. The first-order chi connectivity index (χ1) is 8.02. The Morgan fingerprint density at radius 2 is 2.24 bits per heavy atom. The third-order valence-corrected chi connectivity index (χ3v) is 5.07. The van der Waals surface area contributed by atoms with Crippen LogP contribution in [0.5, 0.6) is 0 Å². The standard InChI is InChI=1S/C13H28N2OS/c1-5-12-10-15(6-7-17-12)11(9-14)8-13(2,3)16-4/h11-12H,5-10,14H2,1-4H3. The lowest BCUT2D eigenvalue weighted by molar-refractivity contribution is -0.00726. The maximum absolute atomic E-state index is 5.95. The molecule has 0 saturated carbocycles. The largest absolute Gasteiger partial charge is 0.379 e. The van der Waals surface area contributed by atoms with Crippen molar-refractivity contribution in [2.45, 2.75) is 50.5 Å². The number of thioether (sulfide) groups is 1. The molecule has 1 rings (SSSR count). The van der Waals surface area contributed by atoms with E-state index in [-0.39, 0.29) is 5.60 Å². The molecular weight excluding hydrogens is 232 g/mol. The van der Waals surface area contributed by atoms with Crippen molar-refractivity contribution in [3.8, 4) is 0 Å². The Morgan fingerprint density at radius 1 is 1.53 bits per heavy atom. The van der Waals surface area contributed by atoms with Crippen LogP contribution in [0.1, 0.15) is 33.6 Å². The van der Waals surface area contributed by atoms with E-state index in [1.54, 1.807) is 7.11 Å². The van der Waals surface area contributed by atoms with Crippen molar-refractivity contribution in [3.05, 3.63) is 0 Å². The van der Waals surface area contributed by atoms with Crippen LogP contribution >= 0.6 is 11.8 Å². The molecule has 1 aliphatic rings. The Kier molecular flexibility index (Phi) is 6.27. The summed E-state index contributed by atoms with van der Waals surface area (Å²) >= 11 is 2.10. The average Bonchev–Trinajstić information content (AvgIpc) is 2.36. The molecular formula is C13H28N2OS. The Hall–Kier alpha value is 0.230. The van der Waals surface area contributed by atoms with E-state index in [0.717, 1.165) is 18.2 Å². The van der Waals surface area contributed by atoms with Crippen LogP contribution in [0.2, 0.25) is 0 Å². The molecule has 1 saturated heterocycles. The molecule has 0 radical (unpaired) electrons. The molecule has 0 spiro atoms.